The Labute approximate surface area is 228 Å². The lowest BCUT2D eigenvalue weighted by molar-refractivity contribution is -0.132. The number of hydrogen-bond acceptors (Lipinski definition) is 7. The molecule has 3 aromatic carbocycles. The molecule has 1 unspecified atom stereocenters. The van der Waals surface area contributed by atoms with E-state index in [1.807, 2.05) is 20.8 Å². The number of rotatable bonds is 9. The monoisotopic (exact) mass is 531 g/mol. The van der Waals surface area contributed by atoms with Gasteiger partial charge >= 0.3 is 0 Å². The van der Waals surface area contributed by atoms with E-state index >= 15 is 0 Å². The fourth-order valence-corrected chi connectivity index (χ4v) is 4.80. The van der Waals surface area contributed by atoms with E-state index in [-0.39, 0.29) is 17.3 Å². The van der Waals surface area contributed by atoms with Crippen LogP contribution in [0, 0.1) is 0 Å². The number of ketones is 1. The van der Waals surface area contributed by atoms with Gasteiger partial charge in [-0.2, -0.15) is 0 Å². The molecule has 0 aromatic heterocycles. The molecule has 1 saturated heterocycles. The van der Waals surface area contributed by atoms with Crippen LogP contribution in [0.3, 0.4) is 0 Å². The van der Waals surface area contributed by atoms with Crippen LogP contribution in [0.5, 0.6) is 23.0 Å². The molecule has 1 fully saturated rings. The molecule has 1 amide bonds. The second-order valence-corrected chi connectivity index (χ2v) is 9.32. The van der Waals surface area contributed by atoms with Crippen molar-refractivity contribution in [3.8, 4) is 23.0 Å². The number of aliphatic hydroxyl groups excluding tert-OH is 1. The summed E-state index contributed by atoms with van der Waals surface area (Å²) in [7, 11) is 4.62. The molecule has 8 heteroatoms. The van der Waals surface area contributed by atoms with E-state index in [0.29, 0.717) is 46.4 Å². The summed E-state index contributed by atoms with van der Waals surface area (Å²) < 4.78 is 21.9. The molecule has 39 heavy (non-hydrogen) atoms. The molecule has 1 aliphatic rings. The minimum Gasteiger partial charge on any atom is -0.507 e. The molecule has 1 N–H and O–H groups in total. The number of benzene rings is 3. The Hall–Kier alpha value is -4.46. The van der Waals surface area contributed by atoms with Gasteiger partial charge in [0.2, 0.25) is 0 Å². The normalized spacial score (nSPS) is 16.5. The first-order chi connectivity index (χ1) is 18.7. The van der Waals surface area contributed by atoms with Gasteiger partial charge in [0, 0.05) is 11.3 Å². The van der Waals surface area contributed by atoms with Gasteiger partial charge in [0.1, 0.15) is 17.3 Å². The number of hydrogen-bond donors (Lipinski definition) is 1. The quantitative estimate of drug-likeness (QED) is 0.210. The predicted octanol–water partition coefficient (Wildman–Crippen LogP) is 5.86. The molecule has 8 nitrogen and oxygen atoms in total. The van der Waals surface area contributed by atoms with Gasteiger partial charge in [-0.05, 0) is 78.6 Å². The first-order valence-corrected chi connectivity index (χ1v) is 12.7. The smallest absolute Gasteiger partial charge is 0.300 e. The molecule has 1 atom stereocenters. The van der Waals surface area contributed by atoms with E-state index in [9.17, 15) is 14.7 Å². The summed E-state index contributed by atoms with van der Waals surface area (Å²) in [5.41, 5.74) is 2.30. The molecule has 0 radical (unpaired) electrons. The Balaban J connectivity index is 1.94. The summed E-state index contributed by atoms with van der Waals surface area (Å²) in [6.07, 6.45) is 0. The summed E-state index contributed by atoms with van der Waals surface area (Å²) in [6, 6.07) is 16.4. The van der Waals surface area contributed by atoms with Crippen LogP contribution in [-0.2, 0) is 9.59 Å². The Bertz CT molecular complexity index is 1410. The number of ether oxygens (including phenoxy) is 4. The average Bonchev–Trinajstić information content (AvgIpc) is 3.22. The topological polar surface area (TPSA) is 94.5 Å². The Morgan fingerprint density at radius 3 is 2.10 bits per heavy atom. The molecule has 0 saturated carbocycles. The number of anilines is 1. The van der Waals surface area contributed by atoms with Crippen LogP contribution in [0.1, 0.15) is 49.4 Å². The second kappa shape index (κ2) is 11.5. The van der Waals surface area contributed by atoms with Crippen LogP contribution >= 0.6 is 0 Å². The van der Waals surface area contributed by atoms with Crippen molar-refractivity contribution in [3.63, 3.8) is 0 Å². The molecular weight excluding hydrogens is 498 g/mol. The first kappa shape index (κ1) is 27.6. The zero-order chi connectivity index (χ0) is 28.3. The van der Waals surface area contributed by atoms with Crippen molar-refractivity contribution in [2.45, 2.75) is 32.7 Å². The maximum atomic E-state index is 13.6. The van der Waals surface area contributed by atoms with E-state index in [0.717, 1.165) is 5.56 Å². The van der Waals surface area contributed by atoms with Gasteiger partial charge < -0.3 is 24.1 Å². The van der Waals surface area contributed by atoms with Crippen molar-refractivity contribution in [1.82, 2.24) is 0 Å². The zero-order valence-corrected chi connectivity index (χ0v) is 23.0. The van der Waals surface area contributed by atoms with Gasteiger partial charge in [-0.25, -0.2) is 0 Å². The summed E-state index contributed by atoms with van der Waals surface area (Å²) in [4.78, 5) is 28.5. The standard InChI is InChI=1S/C31H33NO7/c1-7-39-22-12-10-21(11-13-22)32-28(19-8-15-25(37-5)26(17-19)38-6)27(30(34)31(32)35)29(33)20-9-14-24(36-4)23(16-20)18(2)3/h8-18,28,33H,7H2,1-6H3/b29-27+. The highest BCUT2D eigenvalue weighted by atomic mass is 16.5. The highest BCUT2D eigenvalue weighted by molar-refractivity contribution is 6.51. The molecule has 3 aromatic rings. The second-order valence-electron chi connectivity index (χ2n) is 9.32. The van der Waals surface area contributed by atoms with Crippen molar-refractivity contribution in [2.75, 3.05) is 32.8 Å². The molecule has 0 aliphatic carbocycles. The minimum absolute atomic E-state index is 0.0269. The first-order valence-electron chi connectivity index (χ1n) is 12.7. The Kier molecular flexibility index (Phi) is 8.14. The molecular formula is C31H33NO7. The molecule has 1 heterocycles. The number of carbonyl (C=O) groups is 2. The third kappa shape index (κ3) is 5.14. The summed E-state index contributed by atoms with van der Waals surface area (Å²) in [5.74, 6) is 0.524. The van der Waals surface area contributed by atoms with Crippen LogP contribution in [0.2, 0.25) is 0 Å². The largest absolute Gasteiger partial charge is 0.507 e. The SMILES string of the molecule is CCOc1ccc(N2C(=O)C(=O)/C(=C(/O)c3ccc(OC)c(C(C)C)c3)C2c2ccc(OC)c(OC)c2)cc1. The zero-order valence-electron chi connectivity index (χ0n) is 23.0. The lowest BCUT2D eigenvalue weighted by atomic mass is 9.93. The molecule has 204 valence electrons. The number of methoxy groups -OCH3 is 3. The van der Waals surface area contributed by atoms with Gasteiger partial charge in [-0.3, -0.25) is 14.5 Å². The number of nitrogens with zero attached hydrogens (tertiary/aromatic N) is 1. The van der Waals surface area contributed by atoms with Crippen molar-refractivity contribution in [2.24, 2.45) is 0 Å². The lowest BCUT2D eigenvalue weighted by Crippen LogP contribution is -2.29. The minimum atomic E-state index is -0.924. The van der Waals surface area contributed by atoms with Crippen LogP contribution in [-0.4, -0.2) is 44.7 Å². The average molecular weight is 532 g/mol. The maximum absolute atomic E-state index is 13.6. The van der Waals surface area contributed by atoms with E-state index in [1.54, 1.807) is 67.8 Å². The van der Waals surface area contributed by atoms with E-state index in [1.165, 1.54) is 19.1 Å². The van der Waals surface area contributed by atoms with Gasteiger partial charge in [0.15, 0.2) is 11.5 Å². The van der Waals surface area contributed by atoms with Crippen molar-refractivity contribution in [3.05, 3.63) is 82.9 Å². The third-order valence-electron chi connectivity index (χ3n) is 6.72. The summed E-state index contributed by atoms with van der Waals surface area (Å²) >= 11 is 0. The van der Waals surface area contributed by atoms with E-state index in [2.05, 4.69) is 0 Å². The third-order valence-corrected chi connectivity index (χ3v) is 6.72. The van der Waals surface area contributed by atoms with Crippen LogP contribution < -0.4 is 23.8 Å². The Morgan fingerprint density at radius 1 is 0.872 bits per heavy atom. The maximum Gasteiger partial charge on any atom is 0.300 e. The van der Waals surface area contributed by atoms with Crippen molar-refractivity contribution >= 4 is 23.1 Å². The summed E-state index contributed by atoms with van der Waals surface area (Å²) in [6.45, 7) is 6.40. The van der Waals surface area contributed by atoms with Crippen molar-refractivity contribution in [1.29, 1.82) is 0 Å². The number of amides is 1. The Morgan fingerprint density at radius 2 is 1.51 bits per heavy atom. The van der Waals surface area contributed by atoms with Crippen LogP contribution in [0.4, 0.5) is 5.69 Å². The molecule has 4 rings (SSSR count). The fourth-order valence-electron chi connectivity index (χ4n) is 4.80. The molecule has 0 bridgehead atoms. The fraction of sp³-hybridized carbons (Fsp3) is 0.290. The number of carbonyl (C=O) groups excluding carboxylic acids is 2. The number of aliphatic hydroxyl groups is 1. The highest BCUT2D eigenvalue weighted by Gasteiger charge is 2.47. The molecule has 0 spiro atoms. The van der Waals surface area contributed by atoms with Gasteiger partial charge in [0.05, 0.1) is 39.6 Å². The lowest BCUT2D eigenvalue weighted by Gasteiger charge is -2.26. The van der Waals surface area contributed by atoms with Gasteiger partial charge in [-0.1, -0.05) is 19.9 Å². The van der Waals surface area contributed by atoms with Crippen LogP contribution in [0.15, 0.2) is 66.2 Å². The number of Topliss-reactive ketones (excluding diaryl/α,β-unsaturated/α-hetero) is 1. The van der Waals surface area contributed by atoms with E-state index in [4.69, 9.17) is 18.9 Å². The predicted molar refractivity (Wildman–Crippen MR) is 149 cm³/mol. The highest BCUT2D eigenvalue weighted by Crippen LogP contribution is 2.44. The molecule has 1 aliphatic heterocycles. The summed E-state index contributed by atoms with van der Waals surface area (Å²) in [5, 5.41) is 11.6. The van der Waals surface area contributed by atoms with Gasteiger partial charge in [0.25, 0.3) is 11.7 Å². The van der Waals surface area contributed by atoms with Crippen LogP contribution in [0.25, 0.3) is 5.76 Å². The van der Waals surface area contributed by atoms with Gasteiger partial charge in [-0.15, -0.1) is 0 Å². The van der Waals surface area contributed by atoms with Crippen molar-refractivity contribution < 1.29 is 33.6 Å². The van der Waals surface area contributed by atoms with E-state index < -0.39 is 17.7 Å².